The third kappa shape index (κ3) is 4.91. The van der Waals surface area contributed by atoms with Crippen LogP contribution < -0.4 is 5.32 Å². The Bertz CT molecular complexity index is 731. The number of nitrogens with zero attached hydrogens (tertiary/aromatic N) is 1. The molecule has 0 fully saturated rings. The molecule has 1 N–H and O–H groups in total. The summed E-state index contributed by atoms with van der Waals surface area (Å²) in [6, 6.07) is 14.0. The largest absolute Gasteiger partial charge is 0.350 e. The summed E-state index contributed by atoms with van der Waals surface area (Å²) in [7, 11) is 0. The first-order valence-corrected chi connectivity index (χ1v) is 7.77. The topological polar surface area (TPSA) is 49.4 Å². The van der Waals surface area contributed by atoms with Crippen molar-refractivity contribution in [3.63, 3.8) is 0 Å². The summed E-state index contributed by atoms with van der Waals surface area (Å²) in [6.07, 6.45) is 0. The number of aryl methyl sites for hydroxylation is 1. The van der Waals surface area contributed by atoms with Gasteiger partial charge in [0.05, 0.1) is 6.54 Å². The number of hydrogen-bond donors (Lipinski definition) is 1. The molecule has 0 aromatic heterocycles. The van der Waals surface area contributed by atoms with E-state index in [1.807, 2.05) is 31.2 Å². The number of carbonyl (C=O) groups excluding carboxylic acids is 2. The Labute approximate surface area is 141 Å². The maximum absolute atomic E-state index is 13.5. The van der Waals surface area contributed by atoms with Gasteiger partial charge in [-0.15, -0.1) is 0 Å². The summed E-state index contributed by atoms with van der Waals surface area (Å²) in [5.41, 5.74) is 2.48. The van der Waals surface area contributed by atoms with E-state index in [4.69, 9.17) is 0 Å². The van der Waals surface area contributed by atoms with Crippen molar-refractivity contribution in [2.24, 2.45) is 0 Å². The van der Waals surface area contributed by atoms with Crippen LogP contribution in [0.25, 0.3) is 0 Å². The summed E-state index contributed by atoms with van der Waals surface area (Å²) in [5, 5.41) is 2.65. The van der Waals surface area contributed by atoms with Crippen LogP contribution in [0.15, 0.2) is 48.5 Å². The Hall–Kier alpha value is -2.69. The second kappa shape index (κ2) is 8.24. The molecule has 0 spiro atoms. The Morgan fingerprint density at radius 2 is 1.67 bits per heavy atom. The van der Waals surface area contributed by atoms with Crippen molar-refractivity contribution in [3.05, 3.63) is 71.0 Å². The van der Waals surface area contributed by atoms with Crippen LogP contribution in [0.1, 0.15) is 23.6 Å². The molecule has 2 aromatic rings. The highest BCUT2D eigenvalue weighted by Crippen LogP contribution is 2.11. The van der Waals surface area contributed by atoms with Crippen molar-refractivity contribution in [2.45, 2.75) is 26.9 Å². The van der Waals surface area contributed by atoms with Crippen molar-refractivity contribution >= 4 is 11.8 Å². The average Bonchev–Trinajstić information content (AvgIpc) is 2.55. The Balaban J connectivity index is 1.95. The van der Waals surface area contributed by atoms with Gasteiger partial charge in [0, 0.05) is 25.6 Å². The van der Waals surface area contributed by atoms with E-state index in [1.54, 1.807) is 18.2 Å². The molecular weight excluding hydrogens is 307 g/mol. The van der Waals surface area contributed by atoms with Gasteiger partial charge in [-0.05, 0) is 24.1 Å². The Morgan fingerprint density at radius 1 is 1.04 bits per heavy atom. The van der Waals surface area contributed by atoms with Gasteiger partial charge in [-0.25, -0.2) is 4.39 Å². The molecule has 0 atom stereocenters. The quantitative estimate of drug-likeness (QED) is 0.886. The first-order valence-electron chi connectivity index (χ1n) is 7.77. The molecule has 2 rings (SSSR count). The lowest BCUT2D eigenvalue weighted by molar-refractivity contribution is -0.135. The van der Waals surface area contributed by atoms with E-state index >= 15 is 0 Å². The van der Waals surface area contributed by atoms with Crippen molar-refractivity contribution < 1.29 is 14.0 Å². The average molecular weight is 328 g/mol. The molecular formula is C19H21FN2O2. The maximum Gasteiger partial charge on any atom is 0.239 e. The van der Waals surface area contributed by atoms with E-state index in [0.717, 1.165) is 11.1 Å². The molecule has 0 aliphatic carbocycles. The number of halogens is 1. The van der Waals surface area contributed by atoms with Gasteiger partial charge in [0.15, 0.2) is 0 Å². The van der Waals surface area contributed by atoms with Crippen molar-refractivity contribution in [3.8, 4) is 0 Å². The summed E-state index contributed by atoms with van der Waals surface area (Å²) in [5.74, 6) is -0.859. The smallest absolute Gasteiger partial charge is 0.239 e. The van der Waals surface area contributed by atoms with Crippen LogP contribution in [-0.4, -0.2) is 23.3 Å². The number of benzene rings is 2. The third-order valence-corrected chi connectivity index (χ3v) is 3.84. The van der Waals surface area contributed by atoms with Gasteiger partial charge in [-0.3, -0.25) is 9.59 Å². The Kier molecular flexibility index (Phi) is 6.07. The predicted molar refractivity (Wildman–Crippen MR) is 90.5 cm³/mol. The van der Waals surface area contributed by atoms with E-state index in [-0.39, 0.29) is 30.7 Å². The minimum Gasteiger partial charge on any atom is -0.350 e. The molecule has 2 amide bonds. The van der Waals surface area contributed by atoms with Crippen molar-refractivity contribution in [1.82, 2.24) is 10.2 Å². The molecule has 0 radical (unpaired) electrons. The van der Waals surface area contributed by atoms with Gasteiger partial charge in [0.2, 0.25) is 11.8 Å². The fourth-order valence-electron chi connectivity index (χ4n) is 2.34. The standard InChI is InChI=1S/C19H21FN2O2/c1-14-7-3-4-9-17(14)12-22(15(2)23)13-19(24)21-11-16-8-5-6-10-18(16)20/h3-10H,11-13H2,1-2H3,(H,21,24). The zero-order valence-corrected chi connectivity index (χ0v) is 13.9. The maximum atomic E-state index is 13.5. The van der Waals surface area contributed by atoms with E-state index < -0.39 is 0 Å². The van der Waals surface area contributed by atoms with Gasteiger partial charge in [-0.2, -0.15) is 0 Å². The van der Waals surface area contributed by atoms with Crippen molar-refractivity contribution in [2.75, 3.05) is 6.54 Å². The van der Waals surface area contributed by atoms with Crippen LogP contribution in [0, 0.1) is 12.7 Å². The molecule has 24 heavy (non-hydrogen) atoms. The second-order valence-corrected chi connectivity index (χ2v) is 5.67. The van der Waals surface area contributed by atoms with Crippen LogP contribution in [0.4, 0.5) is 4.39 Å². The molecule has 0 saturated carbocycles. The number of hydrogen-bond acceptors (Lipinski definition) is 2. The number of rotatable bonds is 6. The molecule has 0 saturated heterocycles. The van der Waals surface area contributed by atoms with Crippen LogP contribution in [0.2, 0.25) is 0 Å². The zero-order chi connectivity index (χ0) is 17.5. The lowest BCUT2D eigenvalue weighted by atomic mass is 10.1. The number of carbonyl (C=O) groups is 2. The summed E-state index contributed by atoms with van der Waals surface area (Å²) in [4.78, 5) is 25.4. The molecule has 126 valence electrons. The number of amides is 2. The van der Waals surface area contributed by atoms with Gasteiger partial charge >= 0.3 is 0 Å². The van der Waals surface area contributed by atoms with Gasteiger partial charge in [0.1, 0.15) is 5.82 Å². The normalized spacial score (nSPS) is 10.3. The predicted octanol–water partition coefficient (Wildman–Crippen LogP) is 2.80. The molecule has 0 unspecified atom stereocenters. The highest BCUT2D eigenvalue weighted by atomic mass is 19.1. The van der Waals surface area contributed by atoms with E-state index in [1.165, 1.54) is 17.9 Å². The first kappa shape index (κ1) is 17.7. The third-order valence-electron chi connectivity index (χ3n) is 3.84. The highest BCUT2D eigenvalue weighted by Gasteiger charge is 2.15. The molecule has 0 bridgehead atoms. The van der Waals surface area contributed by atoms with Gasteiger partial charge in [0.25, 0.3) is 0 Å². The molecule has 0 heterocycles. The van der Waals surface area contributed by atoms with E-state index in [2.05, 4.69) is 5.32 Å². The van der Waals surface area contributed by atoms with Crippen LogP contribution >= 0.6 is 0 Å². The van der Waals surface area contributed by atoms with Crippen LogP contribution in [0.3, 0.4) is 0 Å². The lowest BCUT2D eigenvalue weighted by Gasteiger charge is -2.21. The van der Waals surface area contributed by atoms with E-state index in [0.29, 0.717) is 12.1 Å². The van der Waals surface area contributed by atoms with Gasteiger partial charge in [-0.1, -0.05) is 42.5 Å². The number of nitrogens with one attached hydrogen (secondary N) is 1. The van der Waals surface area contributed by atoms with Gasteiger partial charge < -0.3 is 10.2 Å². The second-order valence-electron chi connectivity index (χ2n) is 5.67. The fourth-order valence-corrected chi connectivity index (χ4v) is 2.34. The fraction of sp³-hybridized carbons (Fsp3) is 0.263. The monoisotopic (exact) mass is 328 g/mol. The van der Waals surface area contributed by atoms with Crippen LogP contribution in [-0.2, 0) is 22.7 Å². The molecule has 0 aliphatic heterocycles. The SMILES string of the molecule is CC(=O)N(CC(=O)NCc1ccccc1F)Cc1ccccc1C. The molecule has 4 nitrogen and oxygen atoms in total. The zero-order valence-electron chi connectivity index (χ0n) is 13.9. The van der Waals surface area contributed by atoms with E-state index in [9.17, 15) is 14.0 Å². The van der Waals surface area contributed by atoms with Crippen LogP contribution in [0.5, 0.6) is 0 Å². The minimum absolute atomic E-state index is 0.0574. The molecule has 2 aromatic carbocycles. The van der Waals surface area contributed by atoms with Crippen molar-refractivity contribution in [1.29, 1.82) is 0 Å². The minimum atomic E-state index is -0.360. The highest BCUT2D eigenvalue weighted by molar-refractivity contribution is 5.83. The molecule has 5 heteroatoms. The lowest BCUT2D eigenvalue weighted by Crippen LogP contribution is -2.39. The summed E-state index contributed by atoms with van der Waals surface area (Å²) in [6.45, 7) is 3.81. The summed E-state index contributed by atoms with van der Waals surface area (Å²) < 4.78 is 13.5. The summed E-state index contributed by atoms with van der Waals surface area (Å²) >= 11 is 0. The first-order chi connectivity index (χ1) is 11.5. The Morgan fingerprint density at radius 3 is 2.29 bits per heavy atom. The molecule has 0 aliphatic rings.